The lowest BCUT2D eigenvalue weighted by molar-refractivity contribution is -0.158. The minimum absolute atomic E-state index is 0.0494. The van der Waals surface area contributed by atoms with Gasteiger partial charge in [0.15, 0.2) is 0 Å². The minimum Gasteiger partial charge on any atom is -0.480 e. The van der Waals surface area contributed by atoms with Gasteiger partial charge in [-0.15, -0.1) is 0 Å². The van der Waals surface area contributed by atoms with Gasteiger partial charge in [-0.3, -0.25) is 4.79 Å². The normalized spacial score (nSPS) is 13.0. The van der Waals surface area contributed by atoms with Gasteiger partial charge in [0.2, 0.25) is 0 Å². The van der Waals surface area contributed by atoms with Gasteiger partial charge in [-0.25, -0.2) is 4.79 Å². The molecule has 0 aliphatic heterocycles. The summed E-state index contributed by atoms with van der Waals surface area (Å²) in [6.45, 7) is 6.04. The monoisotopic (exact) mass is 307 g/mol. The topological polar surface area (TPSA) is 117 Å². The fourth-order valence-electron chi connectivity index (χ4n) is 1.15. The van der Waals surface area contributed by atoms with Crippen LogP contribution in [-0.4, -0.2) is 68.3 Å². The Morgan fingerprint density at radius 2 is 1.57 bits per heavy atom. The number of nitrogens with two attached hydrogens (primary N) is 1. The van der Waals surface area contributed by atoms with Gasteiger partial charge in [-0.05, 0) is 20.8 Å². The summed E-state index contributed by atoms with van der Waals surface area (Å²) in [4.78, 5) is 21.7. The molecule has 8 nitrogen and oxygen atoms in total. The maximum atomic E-state index is 11.5. The van der Waals surface area contributed by atoms with E-state index >= 15 is 0 Å². The molecule has 0 saturated heterocycles. The predicted octanol–water partition coefficient (Wildman–Crippen LogP) is -0.210. The van der Waals surface area contributed by atoms with Crippen molar-refractivity contribution in [2.45, 2.75) is 32.4 Å². The van der Waals surface area contributed by atoms with Crippen molar-refractivity contribution in [3.8, 4) is 0 Å². The molecule has 124 valence electrons. The first kappa shape index (κ1) is 19.8. The number of hydrogen-bond acceptors (Lipinski definition) is 7. The van der Waals surface area contributed by atoms with Gasteiger partial charge in [-0.2, -0.15) is 0 Å². The van der Waals surface area contributed by atoms with E-state index in [1.807, 2.05) is 0 Å². The molecule has 1 unspecified atom stereocenters. The Bertz CT molecular complexity index is 314. The quantitative estimate of drug-likeness (QED) is 0.398. The largest absolute Gasteiger partial charge is 0.480 e. The van der Waals surface area contributed by atoms with Crippen molar-refractivity contribution >= 4 is 11.9 Å². The molecule has 0 aromatic rings. The minimum atomic E-state index is -1.02. The first-order valence-electron chi connectivity index (χ1n) is 6.66. The van der Waals surface area contributed by atoms with Crippen LogP contribution >= 0.6 is 0 Å². The summed E-state index contributed by atoms with van der Waals surface area (Å²) in [5.41, 5.74) is 5.04. The van der Waals surface area contributed by atoms with E-state index in [4.69, 9.17) is 29.8 Å². The summed E-state index contributed by atoms with van der Waals surface area (Å²) in [5, 5.41) is 8.32. The number of carboxylic acids is 1. The fourth-order valence-corrected chi connectivity index (χ4v) is 1.15. The molecular formula is C13H25NO7. The highest BCUT2D eigenvalue weighted by atomic mass is 16.6. The number of carboxylic acid groups (broad SMARTS) is 1. The number of carbonyl (C=O) groups is 2. The first-order chi connectivity index (χ1) is 9.72. The third-order valence-corrected chi connectivity index (χ3v) is 1.98. The zero-order chi connectivity index (χ0) is 16.3. The standard InChI is InChI=1S/C13H25NO7/c1-13(2,3)21-12(17)10(14)8-19-6-4-18-5-7-20-9-11(15)16/h10H,4-9,14H2,1-3H3,(H,15,16). The van der Waals surface area contributed by atoms with Crippen LogP contribution in [0, 0.1) is 0 Å². The van der Waals surface area contributed by atoms with Gasteiger partial charge < -0.3 is 29.8 Å². The lowest BCUT2D eigenvalue weighted by atomic mass is 10.2. The highest BCUT2D eigenvalue weighted by Gasteiger charge is 2.22. The summed E-state index contributed by atoms with van der Waals surface area (Å²) in [7, 11) is 0. The van der Waals surface area contributed by atoms with Crippen LogP contribution in [0.3, 0.4) is 0 Å². The Morgan fingerprint density at radius 3 is 2.10 bits per heavy atom. The highest BCUT2D eigenvalue weighted by molar-refractivity contribution is 5.76. The molecule has 0 aromatic heterocycles. The van der Waals surface area contributed by atoms with Crippen LogP contribution in [0.1, 0.15) is 20.8 Å². The van der Waals surface area contributed by atoms with Crippen molar-refractivity contribution < 1.29 is 33.6 Å². The molecule has 3 N–H and O–H groups in total. The molecule has 0 bridgehead atoms. The number of rotatable bonds is 11. The molecule has 0 aromatic carbocycles. The molecule has 8 heteroatoms. The molecular weight excluding hydrogens is 282 g/mol. The second-order valence-electron chi connectivity index (χ2n) is 5.27. The summed E-state index contributed by atoms with van der Waals surface area (Å²) in [5.74, 6) is -1.53. The lowest BCUT2D eigenvalue weighted by Crippen LogP contribution is -2.40. The Morgan fingerprint density at radius 1 is 1.05 bits per heavy atom. The van der Waals surface area contributed by atoms with Crippen LogP contribution in [-0.2, 0) is 28.5 Å². The Hall–Kier alpha value is -1.22. The average Bonchev–Trinajstić information content (AvgIpc) is 2.34. The van der Waals surface area contributed by atoms with Gasteiger partial charge in [0, 0.05) is 0 Å². The van der Waals surface area contributed by atoms with Crippen LogP contribution in [0.2, 0.25) is 0 Å². The Labute approximate surface area is 124 Å². The number of carbonyl (C=O) groups excluding carboxylic acids is 1. The van der Waals surface area contributed by atoms with Crippen molar-refractivity contribution in [3.05, 3.63) is 0 Å². The smallest absolute Gasteiger partial charge is 0.329 e. The number of aliphatic carboxylic acids is 1. The van der Waals surface area contributed by atoms with Crippen LogP contribution in [0.15, 0.2) is 0 Å². The maximum absolute atomic E-state index is 11.5. The van der Waals surface area contributed by atoms with E-state index in [1.165, 1.54) is 0 Å². The van der Waals surface area contributed by atoms with Gasteiger partial charge in [-0.1, -0.05) is 0 Å². The molecule has 21 heavy (non-hydrogen) atoms. The molecule has 0 saturated carbocycles. The Balaban J connectivity index is 3.46. The zero-order valence-corrected chi connectivity index (χ0v) is 12.8. The molecule has 0 spiro atoms. The summed E-state index contributed by atoms with van der Waals surface area (Å²) in [6, 6.07) is -0.830. The van der Waals surface area contributed by atoms with E-state index in [0.29, 0.717) is 6.61 Å². The number of esters is 1. The zero-order valence-electron chi connectivity index (χ0n) is 12.8. The molecule has 1 atom stereocenters. The van der Waals surface area contributed by atoms with Crippen LogP contribution < -0.4 is 5.73 Å². The average molecular weight is 307 g/mol. The van der Waals surface area contributed by atoms with Crippen LogP contribution in [0.4, 0.5) is 0 Å². The first-order valence-corrected chi connectivity index (χ1v) is 6.66. The predicted molar refractivity (Wildman–Crippen MR) is 73.9 cm³/mol. The van der Waals surface area contributed by atoms with Gasteiger partial charge in [0.25, 0.3) is 0 Å². The van der Waals surface area contributed by atoms with Crippen molar-refractivity contribution in [1.82, 2.24) is 0 Å². The fraction of sp³-hybridized carbons (Fsp3) is 0.846. The van der Waals surface area contributed by atoms with Crippen molar-refractivity contribution in [2.24, 2.45) is 5.73 Å². The van der Waals surface area contributed by atoms with Crippen LogP contribution in [0.25, 0.3) is 0 Å². The van der Waals surface area contributed by atoms with Crippen molar-refractivity contribution in [3.63, 3.8) is 0 Å². The second-order valence-corrected chi connectivity index (χ2v) is 5.27. The molecule has 0 amide bonds. The molecule has 0 aliphatic carbocycles. The molecule has 0 aliphatic rings. The third kappa shape index (κ3) is 13.5. The summed E-state index contributed by atoms with van der Waals surface area (Å²) < 4.78 is 20.2. The summed E-state index contributed by atoms with van der Waals surface area (Å²) >= 11 is 0. The van der Waals surface area contributed by atoms with E-state index in [1.54, 1.807) is 20.8 Å². The second kappa shape index (κ2) is 10.5. The van der Waals surface area contributed by atoms with E-state index in [-0.39, 0.29) is 33.0 Å². The van der Waals surface area contributed by atoms with Gasteiger partial charge >= 0.3 is 11.9 Å². The highest BCUT2D eigenvalue weighted by Crippen LogP contribution is 2.07. The summed E-state index contributed by atoms with van der Waals surface area (Å²) in [6.07, 6.45) is 0. The maximum Gasteiger partial charge on any atom is 0.329 e. The number of ether oxygens (including phenoxy) is 4. The molecule has 0 heterocycles. The Kier molecular flexibility index (Phi) is 9.89. The van der Waals surface area contributed by atoms with Crippen LogP contribution in [0.5, 0.6) is 0 Å². The molecule has 0 radical (unpaired) electrons. The van der Waals surface area contributed by atoms with Gasteiger partial charge in [0.1, 0.15) is 18.2 Å². The van der Waals surface area contributed by atoms with E-state index < -0.39 is 23.6 Å². The lowest BCUT2D eigenvalue weighted by Gasteiger charge is -2.22. The van der Waals surface area contributed by atoms with Crippen molar-refractivity contribution in [2.75, 3.05) is 39.6 Å². The number of hydrogen-bond donors (Lipinski definition) is 2. The van der Waals surface area contributed by atoms with Gasteiger partial charge in [0.05, 0.1) is 33.0 Å². The molecule has 0 fully saturated rings. The third-order valence-electron chi connectivity index (χ3n) is 1.98. The molecule has 0 rings (SSSR count). The van der Waals surface area contributed by atoms with E-state index in [0.717, 1.165) is 0 Å². The van der Waals surface area contributed by atoms with E-state index in [9.17, 15) is 9.59 Å². The van der Waals surface area contributed by atoms with E-state index in [2.05, 4.69) is 0 Å². The SMILES string of the molecule is CC(C)(C)OC(=O)C(N)COCCOCCOCC(=O)O. The van der Waals surface area contributed by atoms with Crippen molar-refractivity contribution in [1.29, 1.82) is 0 Å².